The summed E-state index contributed by atoms with van der Waals surface area (Å²) in [6, 6.07) is 8.84. The zero-order chi connectivity index (χ0) is 17.1. The van der Waals surface area contributed by atoms with Crippen LogP contribution in [-0.2, 0) is 0 Å². The molecule has 2 rings (SSSR count). The molecule has 0 aliphatic rings. The van der Waals surface area contributed by atoms with Gasteiger partial charge >= 0.3 is 0 Å². The fourth-order valence-electron chi connectivity index (χ4n) is 2.21. The number of methoxy groups -OCH3 is 1. The molecule has 0 bridgehead atoms. The summed E-state index contributed by atoms with van der Waals surface area (Å²) in [5, 5.41) is 0. The van der Waals surface area contributed by atoms with Crippen LogP contribution in [0.15, 0.2) is 36.4 Å². The van der Waals surface area contributed by atoms with Crippen LogP contribution in [0.1, 0.15) is 20.7 Å². The lowest BCUT2D eigenvalue weighted by Gasteiger charge is -2.12. The summed E-state index contributed by atoms with van der Waals surface area (Å²) in [7, 11) is 4.61. The second-order valence-electron chi connectivity index (χ2n) is 5.17. The van der Waals surface area contributed by atoms with E-state index < -0.39 is 11.7 Å². The summed E-state index contributed by atoms with van der Waals surface area (Å²) in [6.07, 6.45) is 0. The molecular formula is C17H17FN2O3. The highest BCUT2D eigenvalue weighted by atomic mass is 19.1. The largest absolute Gasteiger partial charge is 0.496 e. The highest BCUT2D eigenvalue weighted by molar-refractivity contribution is 5.97. The first kappa shape index (κ1) is 16.5. The molecule has 0 aliphatic carbocycles. The Labute approximate surface area is 133 Å². The molecule has 5 nitrogen and oxygen atoms in total. The van der Waals surface area contributed by atoms with Crippen LogP contribution in [0.3, 0.4) is 0 Å². The molecule has 120 valence electrons. The number of hydrogen-bond acceptors (Lipinski definition) is 3. The molecule has 0 aromatic heterocycles. The molecule has 2 N–H and O–H groups in total. The lowest BCUT2D eigenvalue weighted by atomic mass is 10.00. The predicted molar refractivity (Wildman–Crippen MR) is 84.9 cm³/mol. The van der Waals surface area contributed by atoms with Crippen molar-refractivity contribution in [3.63, 3.8) is 0 Å². The van der Waals surface area contributed by atoms with Crippen LogP contribution >= 0.6 is 0 Å². The van der Waals surface area contributed by atoms with Gasteiger partial charge in [0.15, 0.2) is 0 Å². The van der Waals surface area contributed by atoms with Crippen molar-refractivity contribution < 1.29 is 18.7 Å². The van der Waals surface area contributed by atoms with E-state index in [1.165, 1.54) is 36.3 Å². The highest BCUT2D eigenvalue weighted by Crippen LogP contribution is 2.29. The molecule has 2 amide bonds. The van der Waals surface area contributed by atoms with E-state index in [0.29, 0.717) is 11.3 Å². The molecule has 0 spiro atoms. The number of carbonyl (C=O) groups is 2. The first-order valence-corrected chi connectivity index (χ1v) is 6.84. The van der Waals surface area contributed by atoms with Crippen LogP contribution in [0.4, 0.5) is 4.39 Å². The van der Waals surface area contributed by atoms with E-state index in [0.717, 1.165) is 0 Å². The molecule has 0 heterocycles. The first-order chi connectivity index (χ1) is 10.8. The summed E-state index contributed by atoms with van der Waals surface area (Å²) >= 11 is 0. The molecule has 0 aliphatic heterocycles. The Balaban J connectivity index is 2.49. The fraction of sp³-hybridized carbons (Fsp3) is 0.176. The number of primary amides is 1. The summed E-state index contributed by atoms with van der Waals surface area (Å²) in [6.45, 7) is 0. The van der Waals surface area contributed by atoms with E-state index in [9.17, 15) is 14.0 Å². The van der Waals surface area contributed by atoms with Crippen molar-refractivity contribution in [3.05, 3.63) is 53.3 Å². The third-order valence-electron chi connectivity index (χ3n) is 3.40. The summed E-state index contributed by atoms with van der Waals surface area (Å²) < 4.78 is 19.4. The Bertz CT molecular complexity index is 772. The standard InChI is InChI=1S/C17H17FN2O3/c1-20(2)17(22)11-4-6-12(14(18)9-11)10-5-7-15(23-3)13(8-10)16(19)21/h4-9H,1-3H3,(H2,19,21). The second kappa shape index (κ2) is 6.48. The summed E-state index contributed by atoms with van der Waals surface area (Å²) in [5.41, 5.74) is 6.47. The van der Waals surface area contributed by atoms with E-state index in [1.807, 2.05) is 0 Å². The van der Waals surface area contributed by atoms with Crippen LogP contribution in [0.5, 0.6) is 5.75 Å². The van der Waals surface area contributed by atoms with Crippen LogP contribution in [0.25, 0.3) is 11.1 Å². The first-order valence-electron chi connectivity index (χ1n) is 6.84. The van der Waals surface area contributed by atoms with Crippen molar-refractivity contribution in [1.82, 2.24) is 4.90 Å². The van der Waals surface area contributed by atoms with Gasteiger partial charge in [0.2, 0.25) is 0 Å². The molecule has 2 aromatic carbocycles. The molecule has 2 aromatic rings. The van der Waals surface area contributed by atoms with Gasteiger partial charge in [-0.1, -0.05) is 12.1 Å². The maximum absolute atomic E-state index is 14.4. The normalized spacial score (nSPS) is 10.3. The lowest BCUT2D eigenvalue weighted by molar-refractivity contribution is 0.0827. The van der Waals surface area contributed by atoms with Gasteiger partial charge in [0, 0.05) is 25.2 Å². The number of benzene rings is 2. The Morgan fingerprint density at radius 2 is 1.83 bits per heavy atom. The highest BCUT2D eigenvalue weighted by Gasteiger charge is 2.15. The molecule has 0 saturated carbocycles. The zero-order valence-corrected chi connectivity index (χ0v) is 13.1. The van der Waals surface area contributed by atoms with Crippen molar-refractivity contribution in [1.29, 1.82) is 0 Å². The van der Waals surface area contributed by atoms with E-state index in [-0.39, 0.29) is 22.6 Å². The van der Waals surface area contributed by atoms with Crippen molar-refractivity contribution in [2.24, 2.45) is 5.73 Å². The van der Waals surface area contributed by atoms with Gasteiger partial charge in [-0.05, 0) is 29.8 Å². The third kappa shape index (κ3) is 3.31. The van der Waals surface area contributed by atoms with Crippen molar-refractivity contribution in [2.75, 3.05) is 21.2 Å². The van der Waals surface area contributed by atoms with Crippen LogP contribution < -0.4 is 10.5 Å². The molecule has 23 heavy (non-hydrogen) atoms. The van der Waals surface area contributed by atoms with E-state index in [4.69, 9.17) is 10.5 Å². The number of rotatable bonds is 4. The summed E-state index contributed by atoms with van der Waals surface area (Å²) in [5.74, 6) is -1.19. The van der Waals surface area contributed by atoms with Crippen molar-refractivity contribution in [3.8, 4) is 16.9 Å². The number of ether oxygens (including phenoxy) is 1. The molecule has 0 radical (unpaired) electrons. The van der Waals surface area contributed by atoms with Crippen LogP contribution in [0.2, 0.25) is 0 Å². The maximum atomic E-state index is 14.4. The topological polar surface area (TPSA) is 72.6 Å². The van der Waals surface area contributed by atoms with Gasteiger partial charge in [0.1, 0.15) is 11.6 Å². The Kier molecular flexibility index (Phi) is 4.64. The molecule has 0 saturated heterocycles. The number of nitrogens with two attached hydrogens (primary N) is 1. The minimum Gasteiger partial charge on any atom is -0.496 e. The van der Waals surface area contributed by atoms with Crippen molar-refractivity contribution in [2.45, 2.75) is 0 Å². The molecule has 0 fully saturated rings. The van der Waals surface area contributed by atoms with Crippen molar-refractivity contribution >= 4 is 11.8 Å². The average Bonchev–Trinajstić information content (AvgIpc) is 2.53. The van der Waals surface area contributed by atoms with Crippen LogP contribution in [-0.4, -0.2) is 37.9 Å². The fourth-order valence-corrected chi connectivity index (χ4v) is 2.21. The lowest BCUT2D eigenvalue weighted by Crippen LogP contribution is -2.21. The van der Waals surface area contributed by atoms with E-state index >= 15 is 0 Å². The number of nitrogens with zero attached hydrogens (tertiary/aromatic N) is 1. The van der Waals surface area contributed by atoms with E-state index in [1.54, 1.807) is 26.2 Å². The van der Waals surface area contributed by atoms with Gasteiger partial charge in [-0.3, -0.25) is 9.59 Å². The average molecular weight is 316 g/mol. The predicted octanol–water partition coefficient (Wildman–Crippen LogP) is 2.30. The number of carbonyl (C=O) groups excluding carboxylic acids is 2. The molecular weight excluding hydrogens is 299 g/mol. The van der Waals surface area contributed by atoms with E-state index in [2.05, 4.69) is 0 Å². The smallest absolute Gasteiger partial charge is 0.253 e. The van der Waals surface area contributed by atoms with Gasteiger partial charge in [-0.25, -0.2) is 4.39 Å². The minimum absolute atomic E-state index is 0.165. The Morgan fingerprint density at radius 1 is 1.13 bits per heavy atom. The number of halogens is 1. The van der Waals surface area contributed by atoms with Gasteiger partial charge in [0.25, 0.3) is 11.8 Å². The van der Waals surface area contributed by atoms with Gasteiger partial charge in [-0.2, -0.15) is 0 Å². The van der Waals surface area contributed by atoms with Gasteiger partial charge < -0.3 is 15.4 Å². The monoisotopic (exact) mass is 316 g/mol. The van der Waals surface area contributed by atoms with Gasteiger partial charge in [-0.15, -0.1) is 0 Å². The Morgan fingerprint density at radius 3 is 2.35 bits per heavy atom. The molecule has 0 atom stereocenters. The quantitative estimate of drug-likeness (QED) is 0.940. The number of hydrogen-bond donors (Lipinski definition) is 1. The minimum atomic E-state index is -0.663. The Hall–Kier alpha value is -2.89. The maximum Gasteiger partial charge on any atom is 0.253 e. The molecule has 0 unspecified atom stereocenters. The SMILES string of the molecule is COc1ccc(-c2ccc(C(=O)N(C)C)cc2F)cc1C(N)=O. The van der Waals surface area contributed by atoms with Gasteiger partial charge in [0.05, 0.1) is 12.7 Å². The summed E-state index contributed by atoms with van der Waals surface area (Å²) in [4.78, 5) is 24.7. The van der Waals surface area contributed by atoms with Crippen LogP contribution in [0, 0.1) is 5.82 Å². The molecule has 6 heteroatoms. The second-order valence-corrected chi connectivity index (χ2v) is 5.17. The third-order valence-corrected chi connectivity index (χ3v) is 3.40. The zero-order valence-electron chi connectivity index (χ0n) is 13.1. The number of amides is 2.